The van der Waals surface area contributed by atoms with E-state index in [0.29, 0.717) is 11.3 Å². The lowest BCUT2D eigenvalue weighted by Gasteiger charge is -2.48. The van der Waals surface area contributed by atoms with Gasteiger partial charge in [0.25, 0.3) is 5.91 Å². The second-order valence-electron chi connectivity index (χ2n) is 5.33. The molecule has 25 heavy (non-hydrogen) atoms. The highest BCUT2D eigenvalue weighted by Crippen LogP contribution is 2.37. The molecule has 2 amide bonds. The Kier molecular flexibility index (Phi) is 4.64. The van der Waals surface area contributed by atoms with Crippen molar-refractivity contribution in [3.8, 4) is 0 Å². The molecular formula is C15H13N5O4S. The number of fused-ring (bicyclic) bond motifs is 1. The van der Waals surface area contributed by atoms with Crippen LogP contribution < -0.4 is 5.32 Å². The molecule has 0 radical (unpaired) electrons. The van der Waals surface area contributed by atoms with Crippen molar-refractivity contribution in [3.63, 3.8) is 0 Å². The first-order chi connectivity index (χ1) is 12.0. The number of carboxylic acids is 1. The van der Waals surface area contributed by atoms with E-state index in [0.717, 1.165) is 4.90 Å². The molecule has 0 aliphatic carbocycles. The van der Waals surface area contributed by atoms with Crippen molar-refractivity contribution in [2.45, 2.75) is 17.5 Å². The third-order valence-corrected chi connectivity index (χ3v) is 5.08. The van der Waals surface area contributed by atoms with Crippen LogP contribution in [0.1, 0.15) is 11.6 Å². The van der Waals surface area contributed by atoms with Crippen molar-refractivity contribution in [1.29, 1.82) is 0 Å². The summed E-state index contributed by atoms with van der Waals surface area (Å²) in [5.41, 5.74) is 9.14. The minimum atomic E-state index is -1.18. The molecule has 0 aromatic heterocycles. The van der Waals surface area contributed by atoms with Gasteiger partial charge in [-0.1, -0.05) is 35.4 Å². The Morgan fingerprint density at radius 2 is 2.12 bits per heavy atom. The van der Waals surface area contributed by atoms with Gasteiger partial charge in [-0.15, -0.1) is 11.8 Å². The van der Waals surface area contributed by atoms with Gasteiger partial charge in [0.05, 0.1) is 0 Å². The summed E-state index contributed by atoms with van der Waals surface area (Å²) in [6.45, 7) is 0. The quantitative estimate of drug-likeness (QED) is 0.354. The molecule has 1 aromatic carbocycles. The zero-order valence-corrected chi connectivity index (χ0v) is 13.6. The molecule has 9 nitrogen and oxygen atoms in total. The average molecular weight is 359 g/mol. The summed E-state index contributed by atoms with van der Waals surface area (Å²) in [5, 5.41) is 14.7. The summed E-state index contributed by atoms with van der Waals surface area (Å²) < 4.78 is 0. The van der Waals surface area contributed by atoms with Crippen LogP contribution in [0.2, 0.25) is 0 Å². The van der Waals surface area contributed by atoms with Crippen LogP contribution in [0.3, 0.4) is 0 Å². The number of nitrogens with one attached hydrogen (secondary N) is 1. The maximum atomic E-state index is 12.5. The number of carbonyl (C=O) groups excluding carboxylic acids is 2. The van der Waals surface area contributed by atoms with Gasteiger partial charge < -0.3 is 10.4 Å². The number of rotatable bonds is 5. The van der Waals surface area contributed by atoms with Crippen LogP contribution in [0, 0.1) is 0 Å². The highest BCUT2D eigenvalue weighted by Gasteiger charge is 2.53. The van der Waals surface area contributed by atoms with E-state index in [4.69, 9.17) is 10.6 Å². The minimum Gasteiger partial charge on any atom is -0.477 e. The molecule has 2 aliphatic heterocycles. The highest BCUT2D eigenvalue weighted by atomic mass is 32.2. The molecule has 2 unspecified atom stereocenters. The molecule has 2 aliphatic rings. The Bertz CT molecular complexity index is 805. The summed E-state index contributed by atoms with van der Waals surface area (Å²) >= 11 is 1.36. The lowest BCUT2D eigenvalue weighted by atomic mass is 10.0. The molecule has 1 fully saturated rings. The SMILES string of the molecule is [N-]=[N+]=N[C@H](C(=O)NC1C(=O)N2C(C(=O)O)=CCSC12)c1ccccc1. The zero-order valence-electron chi connectivity index (χ0n) is 12.8. The number of nitrogens with zero attached hydrogens (tertiary/aromatic N) is 4. The molecule has 3 atom stereocenters. The average Bonchev–Trinajstić information content (AvgIpc) is 2.63. The predicted octanol–water partition coefficient (Wildman–Crippen LogP) is 1.41. The van der Waals surface area contributed by atoms with E-state index < -0.39 is 35.2 Å². The van der Waals surface area contributed by atoms with E-state index in [2.05, 4.69) is 15.3 Å². The third-order valence-electron chi connectivity index (χ3n) is 3.89. The minimum absolute atomic E-state index is 0.0751. The molecule has 1 saturated heterocycles. The maximum Gasteiger partial charge on any atom is 0.352 e. The zero-order chi connectivity index (χ0) is 18.0. The van der Waals surface area contributed by atoms with Gasteiger partial charge in [0.1, 0.15) is 23.2 Å². The lowest BCUT2D eigenvalue weighted by Crippen LogP contribution is -2.70. The third kappa shape index (κ3) is 3.04. The molecule has 2 heterocycles. The van der Waals surface area contributed by atoms with E-state index in [1.807, 2.05) is 0 Å². The van der Waals surface area contributed by atoms with Crippen LogP contribution in [0.15, 0.2) is 47.2 Å². The Labute approximate surface area is 146 Å². The van der Waals surface area contributed by atoms with E-state index in [-0.39, 0.29) is 5.70 Å². The van der Waals surface area contributed by atoms with Gasteiger partial charge in [0, 0.05) is 10.7 Å². The van der Waals surface area contributed by atoms with Crippen molar-refractivity contribution >= 4 is 29.5 Å². The molecule has 3 rings (SSSR count). The van der Waals surface area contributed by atoms with Gasteiger partial charge in [-0.25, -0.2) is 4.79 Å². The fraction of sp³-hybridized carbons (Fsp3) is 0.267. The first kappa shape index (κ1) is 16.9. The number of amides is 2. The van der Waals surface area contributed by atoms with E-state index >= 15 is 0 Å². The Balaban J connectivity index is 1.75. The largest absolute Gasteiger partial charge is 0.477 e. The smallest absolute Gasteiger partial charge is 0.352 e. The van der Waals surface area contributed by atoms with Crippen molar-refractivity contribution < 1.29 is 19.5 Å². The predicted molar refractivity (Wildman–Crippen MR) is 89.1 cm³/mol. The maximum absolute atomic E-state index is 12.5. The molecule has 1 aromatic rings. The molecule has 10 heteroatoms. The van der Waals surface area contributed by atoms with Crippen LogP contribution in [-0.2, 0) is 14.4 Å². The number of aliphatic carboxylic acids is 1. The first-order valence-electron chi connectivity index (χ1n) is 7.32. The van der Waals surface area contributed by atoms with Gasteiger partial charge in [-0.2, -0.15) is 0 Å². The number of carboxylic acid groups (broad SMARTS) is 1. The van der Waals surface area contributed by atoms with Gasteiger partial charge in [0.15, 0.2) is 0 Å². The van der Waals surface area contributed by atoms with E-state index in [1.165, 1.54) is 17.8 Å². The monoisotopic (exact) mass is 359 g/mol. The van der Waals surface area contributed by atoms with Crippen molar-refractivity contribution in [3.05, 3.63) is 58.1 Å². The Morgan fingerprint density at radius 1 is 1.40 bits per heavy atom. The number of carbonyl (C=O) groups is 3. The van der Waals surface area contributed by atoms with E-state index in [1.54, 1.807) is 30.3 Å². The van der Waals surface area contributed by atoms with Crippen LogP contribution in [0.25, 0.3) is 10.4 Å². The molecular weight excluding hydrogens is 346 g/mol. The standard InChI is InChI=1S/C15H13N5O4S/c16-19-18-10(8-4-2-1-3-5-8)12(21)17-11-13(22)20-9(15(23)24)6-7-25-14(11)20/h1-6,10-11,14H,7H2,(H,17,21)(H,23,24)/t10-,11?,14?/m0/s1. The Morgan fingerprint density at radius 3 is 2.76 bits per heavy atom. The van der Waals surface area contributed by atoms with Crippen LogP contribution in [-0.4, -0.2) is 45.0 Å². The van der Waals surface area contributed by atoms with Crippen LogP contribution >= 0.6 is 11.8 Å². The molecule has 128 valence electrons. The van der Waals surface area contributed by atoms with Gasteiger partial charge in [-0.05, 0) is 17.2 Å². The van der Waals surface area contributed by atoms with Crippen LogP contribution in [0.4, 0.5) is 0 Å². The summed E-state index contributed by atoms with van der Waals surface area (Å²) in [6.07, 6.45) is 1.46. The topological polar surface area (TPSA) is 135 Å². The molecule has 2 N–H and O–H groups in total. The van der Waals surface area contributed by atoms with Gasteiger partial charge >= 0.3 is 5.97 Å². The highest BCUT2D eigenvalue weighted by molar-refractivity contribution is 8.00. The first-order valence-corrected chi connectivity index (χ1v) is 8.37. The number of thioether (sulfide) groups is 1. The normalized spacial score (nSPS) is 22.6. The number of hydrogen-bond acceptors (Lipinski definition) is 5. The van der Waals surface area contributed by atoms with Crippen molar-refractivity contribution in [1.82, 2.24) is 10.2 Å². The second kappa shape index (κ2) is 6.88. The van der Waals surface area contributed by atoms with Crippen LogP contribution in [0.5, 0.6) is 0 Å². The van der Waals surface area contributed by atoms with Crippen molar-refractivity contribution in [2.24, 2.45) is 5.11 Å². The second-order valence-corrected chi connectivity index (χ2v) is 6.48. The fourth-order valence-corrected chi connectivity index (χ4v) is 3.92. The van der Waals surface area contributed by atoms with E-state index in [9.17, 15) is 14.4 Å². The molecule has 0 spiro atoms. The fourth-order valence-electron chi connectivity index (χ4n) is 2.73. The van der Waals surface area contributed by atoms with Crippen molar-refractivity contribution in [2.75, 3.05) is 5.75 Å². The lowest BCUT2D eigenvalue weighted by molar-refractivity contribution is -0.150. The number of β-lactam (4-membered cyclic amide) rings is 1. The molecule has 0 bridgehead atoms. The number of hydrogen-bond donors (Lipinski definition) is 2. The number of benzene rings is 1. The van der Waals surface area contributed by atoms with Gasteiger partial charge in [0.2, 0.25) is 5.91 Å². The summed E-state index contributed by atoms with van der Waals surface area (Å²) in [5.74, 6) is -1.85. The Hall–Kier alpha value is -2.97. The number of azide groups is 1. The molecule has 0 saturated carbocycles. The van der Waals surface area contributed by atoms with Gasteiger partial charge in [-0.3, -0.25) is 14.5 Å². The summed E-state index contributed by atoms with van der Waals surface area (Å²) in [4.78, 5) is 39.8. The summed E-state index contributed by atoms with van der Waals surface area (Å²) in [6, 6.07) is 6.53. The summed E-state index contributed by atoms with van der Waals surface area (Å²) in [7, 11) is 0.